The molecule has 0 N–H and O–H groups in total. The van der Waals surface area contributed by atoms with E-state index >= 15 is 0 Å². The smallest absolute Gasteiger partial charge is 0.161 e. The first-order chi connectivity index (χ1) is 17.3. The predicted octanol–water partition coefficient (Wildman–Crippen LogP) is 5.69. The number of hydrogen-bond acceptors (Lipinski definition) is 5. The first kappa shape index (κ1) is 25.3. The fourth-order valence-corrected chi connectivity index (χ4v) is 4.10. The molecule has 1 heterocycles. The van der Waals surface area contributed by atoms with Crippen molar-refractivity contribution in [2.75, 3.05) is 13.2 Å². The molecule has 4 rings (SSSR count). The second kappa shape index (κ2) is 13.9. The molecule has 0 amide bonds. The molecule has 1 aliphatic rings. The Kier molecular flexibility index (Phi) is 10.1. The number of hydrogen-bond donors (Lipinski definition) is 0. The van der Waals surface area contributed by atoms with Crippen molar-refractivity contribution in [1.82, 2.24) is 0 Å². The largest absolute Gasteiger partial charge is 0.374 e. The van der Waals surface area contributed by atoms with Gasteiger partial charge in [0.2, 0.25) is 0 Å². The topological polar surface area (TPSA) is 46.2 Å². The van der Waals surface area contributed by atoms with Gasteiger partial charge in [-0.2, -0.15) is 0 Å². The van der Waals surface area contributed by atoms with Crippen LogP contribution in [0.4, 0.5) is 0 Å². The van der Waals surface area contributed by atoms with Gasteiger partial charge in [0.05, 0.1) is 39.1 Å². The second-order valence-corrected chi connectivity index (χ2v) is 8.56. The summed E-state index contributed by atoms with van der Waals surface area (Å²) < 4.78 is 31.1. The average molecular weight is 475 g/mol. The highest BCUT2D eigenvalue weighted by Crippen LogP contribution is 2.28. The van der Waals surface area contributed by atoms with E-state index in [1.54, 1.807) is 6.08 Å². The Labute approximate surface area is 208 Å². The third-order valence-corrected chi connectivity index (χ3v) is 5.87. The van der Waals surface area contributed by atoms with Crippen LogP contribution in [0, 0.1) is 0 Å². The Balaban J connectivity index is 1.44. The molecule has 4 atom stereocenters. The normalized spacial score (nSPS) is 22.1. The van der Waals surface area contributed by atoms with Crippen molar-refractivity contribution in [1.29, 1.82) is 0 Å². The van der Waals surface area contributed by atoms with Crippen molar-refractivity contribution in [3.8, 4) is 0 Å². The van der Waals surface area contributed by atoms with E-state index in [1.807, 2.05) is 78.9 Å². The predicted molar refractivity (Wildman–Crippen MR) is 136 cm³/mol. The fraction of sp³-hybridized carbons (Fsp3) is 0.333. The van der Waals surface area contributed by atoms with Gasteiger partial charge in [-0.05, 0) is 16.7 Å². The summed E-state index contributed by atoms with van der Waals surface area (Å²) in [7, 11) is 0. The summed E-state index contributed by atoms with van der Waals surface area (Å²) in [5.41, 5.74) is 3.31. The van der Waals surface area contributed by atoms with Crippen LogP contribution in [-0.4, -0.2) is 37.8 Å². The highest BCUT2D eigenvalue weighted by atomic mass is 16.7. The van der Waals surface area contributed by atoms with Crippen LogP contribution in [0.5, 0.6) is 0 Å². The zero-order chi connectivity index (χ0) is 24.1. The lowest BCUT2D eigenvalue weighted by molar-refractivity contribution is -0.278. The molecular formula is C30H34O5. The van der Waals surface area contributed by atoms with Crippen LogP contribution < -0.4 is 0 Å². The molecule has 3 aromatic carbocycles. The van der Waals surface area contributed by atoms with Crippen molar-refractivity contribution in [2.24, 2.45) is 0 Å². The van der Waals surface area contributed by atoms with E-state index in [-0.39, 0.29) is 18.3 Å². The number of benzene rings is 3. The molecule has 5 nitrogen and oxygen atoms in total. The van der Waals surface area contributed by atoms with Gasteiger partial charge in [0.15, 0.2) is 6.29 Å². The molecule has 1 saturated heterocycles. The van der Waals surface area contributed by atoms with Crippen molar-refractivity contribution >= 4 is 0 Å². The molecule has 5 heteroatoms. The van der Waals surface area contributed by atoms with Crippen LogP contribution in [-0.2, 0) is 43.5 Å². The summed E-state index contributed by atoms with van der Waals surface area (Å²) in [5.74, 6) is 0. The summed E-state index contributed by atoms with van der Waals surface area (Å²) in [5, 5.41) is 0. The minimum absolute atomic E-state index is 0.212. The van der Waals surface area contributed by atoms with Gasteiger partial charge in [0.25, 0.3) is 0 Å². The Morgan fingerprint density at radius 3 is 1.83 bits per heavy atom. The van der Waals surface area contributed by atoms with Crippen molar-refractivity contribution in [3.05, 3.63) is 120 Å². The number of ether oxygens (including phenoxy) is 5. The minimum Gasteiger partial charge on any atom is -0.374 e. The number of rotatable bonds is 13. The van der Waals surface area contributed by atoms with Gasteiger partial charge in [-0.3, -0.25) is 0 Å². The van der Waals surface area contributed by atoms with Crippen molar-refractivity contribution in [3.63, 3.8) is 0 Å². The lowest BCUT2D eigenvalue weighted by Crippen LogP contribution is -2.53. The SMILES string of the molecule is C=CCOC1C[C@@H](OCc2ccccc2)OC(COCc2ccccc2)[C@H]1OCc1ccccc1. The molecule has 184 valence electrons. The molecule has 0 radical (unpaired) electrons. The lowest BCUT2D eigenvalue weighted by atomic mass is 10.0. The maximum absolute atomic E-state index is 6.39. The molecule has 2 unspecified atom stereocenters. The van der Waals surface area contributed by atoms with Crippen LogP contribution in [0.25, 0.3) is 0 Å². The zero-order valence-electron chi connectivity index (χ0n) is 20.0. The molecule has 0 aliphatic carbocycles. The summed E-state index contributed by atoms with van der Waals surface area (Å²) in [6.07, 6.45) is 1.04. The maximum atomic E-state index is 6.39. The van der Waals surface area contributed by atoms with Gasteiger partial charge >= 0.3 is 0 Å². The van der Waals surface area contributed by atoms with Crippen LogP contribution in [0.3, 0.4) is 0 Å². The van der Waals surface area contributed by atoms with E-state index in [1.165, 1.54) is 0 Å². The van der Waals surface area contributed by atoms with E-state index < -0.39 is 6.29 Å². The van der Waals surface area contributed by atoms with Crippen molar-refractivity contribution in [2.45, 2.75) is 50.8 Å². The lowest BCUT2D eigenvalue weighted by Gasteiger charge is -2.41. The van der Waals surface area contributed by atoms with E-state index in [4.69, 9.17) is 23.7 Å². The van der Waals surface area contributed by atoms with Crippen LogP contribution in [0.2, 0.25) is 0 Å². The molecule has 0 aromatic heterocycles. The molecule has 3 aromatic rings. The van der Waals surface area contributed by atoms with E-state index in [9.17, 15) is 0 Å². The molecule has 1 aliphatic heterocycles. The molecule has 0 bridgehead atoms. The van der Waals surface area contributed by atoms with Crippen LogP contribution in [0.1, 0.15) is 23.1 Å². The Hall–Kier alpha value is -2.80. The molecule has 0 spiro atoms. The fourth-order valence-electron chi connectivity index (χ4n) is 4.10. The van der Waals surface area contributed by atoms with Gasteiger partial charge < -0.3 is 23.7 Å². The first-order valence-corrected chi connectivity index (χ1v) is 12.1. The second-order valence-electron chi connectivity index (χ2n) is 8.56. The van der Waals surface area contributed by atoms with E-state index in [2.05, 4.69) is 18.7 Å². The van der Waals surface area contributed by atoms with E-state index in [0.29, 0.717) is 39.5 Å². The third kappa shape index (κ3) is 8.13. The van der Waals surface area contributed by atoms with Gasteiger partial charge in [0, 0.05) is 6.42 Å². The highest BCUT2D eigenvalue weighted by molar-refractivity contribution is 5.15. The average Bonchev–Trinajstić information content (AvgIpc) is 2.92. The molecular weight excluding hydrogens is 440 g/mol. The summed E-state index contributed by atoms with van der Waals surface area (Å²) >= 11 is 0. The zero-order valence-corrected chi connectivity index (χ0v) is 20.0. The monoisotopic (exact) mass is 474 g/mol. The highest BCUT2D eigenvalue weighted by Gasteiger charge is 2.41. The molecule has 1 fully saturated rings. The summed E-state index contributed by atoms with van der Waals surface area (Å²) in [6, 6.07) is 30.3. The molecule has 0 saturated carbocycles. The Morgan fingerprint density at radius 2 is 1.26 bits per heavy atom. The van der Waals surface area contributed by atoms with E-state index in [0.717, 1.165) is 16.7 Å². The summed E-state index contributed by atoms with van der Waals surface area (Å²) in [4.78, 5) is 0. The van der Waals surface area contributed by atoms with Gasteiger partial charge in [-0.25, -0.2) is 0 Å². The molecule has 35 heavy (non-hydrogen) atoms. The first-order valence-electron chi connectivity index (χ1n) is 12.1. The Morgan fingerprint density at radius 1 is 0.714 bits per heavy atom. The standard InChI is InChI=1S/C30H34O5/c1-2-18-32-27-19-29(33-21-25-14-8-4-9-15-25)35-28(23-31-20-24-12-6-3-7-13-24)30(27)34-22-26-16-10-5-11-17-26/h2-17,27-30H,1,18-23H2/t27?,28?,29-,30-/m0/s1. The van der Waals surface area contributed by atoms with Crippen molar-refractivity contribution < 1.29 is 23.7 Å². The van der Waals surface area contributed by atoms with Gasteiger partial charge in [0.1, 0.15) is 12.2 Å². The maximum Gasteiger partial charge on any atom is 0.161 e. The van der Waals surface area contributed by atoms with Gasteiger partial charge in [-0.15, -0.1) is 6.58 Å². The quantitative estimate of drug-likeness (QED) is 0.298. The summed E-state index contributed by atoms with van der Waals surface area (Å²) in [6.45, 7) is 6.04. The Bertz CT molecular complexity index is 979. The minimum atomic E-state index is -0.424. The van der Waals surface area contributed by atoms with Crippen LogP contribution >= 0.6 is 0 Å². The van der Waals surface area contributed by atoms with Crippen LogP contribution in [0.15, 0.2) is 104 Å². The van der Waals surface area contributed by atoms with Gasteiger partial charge in [-0.1, -0.05) is 97.1 Å². The third-order valence-electron chi connectivity index (χ3n) is 5.87.